The van der Waals surface area contributed by atoms with E-state index < -0.39 is 0 Å². The van der Waals surface area contributed by atoms with E-state index in [4.69, 9.17) is 0 Å². The maximum Gasteiger partial charge on any atom is 0.123 e. The van der Waals surface area contributed by atoms with E-state index in [9.17, 15) is 5.11 Å². The molecule has 0 aromatic heterocycles. The minimum absolute atomic E-state index is 0.139. The zero-order chi connectivity index (χ0) is 27.5. The standard InChI is InChI=1S/C34H38N2OS2/c1-33(2,3)24-17-23(18-25(32(24)37)34(4,5)6)38-20-36-28-13-9-7-11-21(28)15-22-16-27-31(19-29(22)36)39-30-14-10-8-12-26(30)35-27/h7-10,12-14,16-19,21,35,37H,11,15,20H2,1-6H3. The molecule has 0 saturated heterocycles. The molecule has 39 heavy (non-hydrogen) atoms. The summed E-state index contributed by atoms with van der Waals surface area (Å²) >= 11 is 3.72. The van der Waals surface area contributed by atoms with Crippen LogP contribution in [-0.4, -0.2) is 11.0 Å². The van der Waals surface area contributed by atoms with E-state index in [0.717, 1.165) is 29.8 Å². The minimum atomic E-state index is -0.139. The number of phenols is 1. The second-order valence-electron chi connectivity index (χ2n) is 12.9. The van der Waals surface area contributed by atoms with Gasteiger partial charge in [-0.3, -0.25) is 0 Å². The molecule has 6 rings (SSSR count). The third-order valence-electron chi connectivity index (χ3n) is 7.93. The Morgan fingerprint density at radius 3 is 2.38 bits per heavy atom. The first-order valence-corrected chi connectivity index (χ1v) is 15.6. The van der Waals surface area contributed by atoms with Crippen LogP contribution in [0.15, 0.2) is 87.1 Å². The Hall–Kier alpha value is -2.76. The number of para-hydroxylation sites is 1. The van der Waals surface area contributed by atoms with Crippen molar-refractivity contribution in [3.8, 4) is 5.75 Å². The van der Waals surface area contributed by atoms with Gasteiger partial charge >= 0.3 is 0 Å². The molecule has 0 radical (unpaired) electrons. The summed E-state index contributed by atoms with van der Waals surface area (Å²) in [6, 6.07) is 17.8. The second kappa shape index (κ2) is 9.71. The molecular formula is C34H38N2OS2. The highest BCUT2D eigenvalue weighted by Crippen LogP contribution is 2.50. The zero-order valence-corrected chi connectivity index (χ0v) is 25.4. The fourth-order valence-corrected chi connectivity index (χ4v) is 7.79. The van der Waals surface area contributed by atoms with E-state index in [2.05, 4.69) is 119 Å². The van der Waals surface area contributed by atoms with Gasteiger partial charge in [0.15, 0.2) is 0 Å². The smallest absolute Gasteiger partial charge is 0.123 e. The number of benzene rings is 3. The molecule has 202 valence electrons. The number of hydrogen-bond donors (Lipinski definition) is 2. The van der Waals surface area contributed by atoms with Crippen molar-refractivity contribution in [2.45, 2.75) is 79.9 Å². The fraction of sp³-hybridized carbons (Fsp3) is 0.353. The van der Waals surface area contributed by atoms with E-state index in [-0.39, 0.29) is 10.8 Å². The Balaban J connectivity index is 1.38. The lowest BCUT2D eigenvalue weighted by molar-refractivity contribution is 0.422. The molecule has 2 aliphatic heterocycles. The van der Waals surface area contributed by atoms with Crippen molar-refractivity contribution >= 4 is 40.6 Å². The molecule has 0 spiro atoms. The number of aromatic hydroxyl groups is 1. The van der Waals surface area contributed by atoms with Crippen LogP contribution in [0.2, 0.25) is 0 Å². The van der Waals surface area contributed by atoms with Crippen LogP contribution >= 0.6 is 23.5 Å². The number of allylic oxidation sites excluding steroid dienone is 4. The summed E-state index contributed by atoms with van der Waals surface area (Å²) in [6.45, 7) is 13.1. The fourth-order valence-electron chi connectivity index (χ4n) is 5.82. The highest BCUT2D eigenvalue weighted by Gasteiger charge is 2.32. The molecule has 5 heteroatoms. The molecule has 2 heterocycles. The Kier molecular flexibility index (Phi) is 6.59. The number of hydrogen-bond acceptors (Lipinski definition) is 5. The minimum Gasteiger partial charge on any atom is -0.507 e. The molecule has 1 atom stereocenters. The third-order valence-corrected chi connectivity index (χ3v) is 10.0. The molecule has 1 unspecified atom stereocenters. The van der Waals surface area contributed by atoms with Crippen molar-refractivity contribution in [3.63, 3.8) is 0 Å². The maximum atomic E-state index is 11.2. The normalized spacial score (nSPS) is 17.9. The van der Waals surface area contributed by atoms with Gasteiger partial charge in [-0.05, 0) is 71.7 Å². The Morgan fingerprint density at radius 2 is 1.67 bits per heavy atom. The molecule has 3 nitrogen and oxygen atoms in total. The predicted octanol–water partition coefficient (Wildman–Crippen LogP) is 9.77. The van der Waals surface area contributed by atoms with Gasteiger partial charge < -0.3 is 15.3 Å². The molecule has 0 saturated carbocycles. The van der Waals surface area contributed by atoms with Crippen molar-refractivity contribution in [2.75, 3.05) is 16.1 Å². The third kappa shape index (κ3) is 5.00. The Labute approximate surface area is 241 Å². The topological polar surface area (TPSA) is 35.5 Å². The average Bonchev–Trinajstić information content (AvgIpc) is 2.88. The molecule has 1 aliphatic carbocycles. The molecular weight excluding hydrogens is 517 g/mol. The van der Waals surface area contributed by atoms with Crippen LogP contribution in [0, 0.1) is 5.92 Å². The molecule has 0 amide bonds. The van der Waals surface area contributed by atoms with Gasteiger partial charge in [-0.15, -0.1) is 11.8 Å². The van der Waals surface area contributed by atoms with Crippen molar-refractivity contribution in [2.24, 2.45) is 5.92 Å². The van der Waals surface area contributed by atoms with Gasteiger partial charge in [-0.2, -0.15) is 0 Å². The first-order chi connectivity index (χ1) is 18.5. The van der Waals surface area contributed by atoms with E-state index in [1.165, 1.54) is 43.0 Å². The highest BCUT2D eigenvalue weighted by molar-refractivity contribution is 8.00. The van der Waals surface area contributed by atoms with Crippen LogP contribution in [-0.2, 0) is 17.3 Å². The first kappa shape index (κ1) is 26.5. The summed E-state index contributed by atoms with van der Waals surface area (Å²) in [5.74, 6) is 1.77. The van der Waals surface area contributed by atoms with Crippen LogP contribution in [0.4, 0.5) is 17.1 Å². The summed E-state index contributed by atoms with van der Waals surface area (Å²) in [5.41, 5.74) is 8.31. The summed E-state index contributed by atoms with van der Waals surface area (Å²) < 4.78 is 0. The van der Waals surface area contributed by atoms with Gasteiger partial charge in [0.2, 0.25) is 0 Å². The quantitative estimate of drug-likeness (QED) is 0.246. The molecule has 3 aromatic rings. The van der Waals surface area contributed by atoms with Gasteiger partial charge in [0.05, 0.1) is 17.3 Å². The van der Waals surface area contributed by atoms with Crippen molar-refractivity contribution in [3.05, 3.63) is 89.1 Å². The van der Waals surface area contributed by atoms with Crippen molar-refractivity contribution in [1.82, 2.24) is 0 Å². The maximum absolute atomic E-state index is 11.2. The number of fused-ring (bicyclic) bond motifs is 4. The number of phenolic OH excluding ortho intramolecular Hbond substituents is 1. The van der Waals surface area contributed by atoms with E-state index >= 15 is 0 Å². The summed E-state index contributed by atoms with van der Waals surface area (Å²) in [6.07, 6.45) is 8.98. The summed E-state index contributed by atoms with van der Waals surface area (Å²) in [7, 11) is 0. The highest BCUT2D eigenvalue weighted by atomic mass is 32.2. The molecule has 0 fully saturated rings. The van der Waals surface area contributed by atoms with E-state index in [0.29, 0.717) is 11.7 Å². The predicted molar refractivity (Wildman–Crippen MR) is 168 cm³/mol. The van der Waals surface area contributed by atoms with Crippen molar-refractivity contribution < 1.29 is 5.11 Å². The number of thioether (sulfide) groups is 1. The van der Waals surface area contributed by atoms with Gasteiger partial charge in [0.25, 0.3) is 0 Å². The van der Waals surface area contributed by atoms with Crippen LogP contribution in [0.5, 0.6) is 5.75 Å². The second-order valence-corrected chi connectivity index (χ2v) is 15.0. The number of nitrogens with one attached hydrogen (secondary N) is 1. The number of anilines is 3. The molecule has 2 N–H and O–H groups in total. The molecule has 3 aromatic carbocycles. The zero-order valence-electron chi connectivity index (χ0n) is 23.8. The lowest BCUT2D eigenvalue weighted by Gasteiger charge is -2.40. The van der Waals surface area contributed by atoms with Gasteiger partial charge in [0.1, 0.15) is 5.75 Å². The lowest BCUT2D eigenvalue weighted by Crippen LogP contribution is -2.34. The largest absolute Gasteiger partial charge is 0.507 e. The summed E-state index contributed by atoms with van der Waals surface area (Å²) in [5, 5.41) is 14.9. The number of nitrogens with zero attached hydrogens (tertiary/aromatic N) is 1. The van der Waals surface area contributed by atoms with Crippen LogP contribution in [0.1, 0.15) is 64.7 Å². The number of rotatable bonds is 3. The lowest BCUT2D eigenvalue weighted by atomic mass is 9.79. The first-order valence-electron chi connectivity index (χ1n) is 13.8. The van der Waals surface area contributed by atoms with Crippen LogP contribution in [0.25, 0.3) is 0 Å². The van der Waals surface area contributed by atoms with Crippen LogP contribution in [0.3, 0.4) is 0 Å². The van der Waals surface area contributed by atoms with E-state index in [1.807, 2.05) is 23.5 Å². The molecule has 3 aliphatic rings. The van der Waals surface area contributed by atoms with Gasteiger partial charge in [-0.25, -0.2) is 0 Å². The Morgan fingerprint density at radius 1 is 0.949 bits per heavy atom. The Bertz CT molecular complexity index is 1470. The van der Waals surface area contributed by atoms with E-state index in [1.54, 1.807) is 0 Å². The monoisotopic (exact) mass is 554 g/mol. The average molecular weight is 555 g/mol. The molecule has 0 bridgehead atoms. The summed E-state index contributed by atoms with van der Waals surface area (Å²) in [4.78, 5) is 6.30. The van der Waals surface area contributed by atoms with Crippen LogP contribution < -0.4 is 10.2 Å². The van der Waals surface area contributed by atoms with Gasteiger partial charge in [0, 0.05) is 43.1 Å². The SMILES string of the molecule is CC(C)(C)c1cc(SCN2C3=CC=CCC3Cc3cc4c(cc32)Sc2ccccc2N4)cc(C(C)(C)C)c1O. The van der Waals surface area contributed by atoms with Crippen molar-refractivity contribution in [1.29, 1.82) is 0 Å². The van der Waals surface area contributed by atoms with Gasteiger partial charge in [-0.1, -0.05) is 77.6 Å².